The van der Waals surface area contributed by atoms with E-state index < -0.39 is 0 Å². The van der Waals surface area contributed by atoms with Gasteiger partial charge < -0.3 is 10.5 Å². The van der Waals surface area contributed by atoms with Crippen molar-refractivity contribution >= 4 is 0 Å². The third-order valence-corrected chi connectivity index (χ3v) is 2.44. The van der Waals surface area contributed by atoms with Crippen molar-refractivity contribution in [3.63, 3.8) is 0 Å². The van der Waals surface area contributed by atoms with Crippen LogP contribution in [0.25, 0.3) is 5.69 Å². The fourth-order valence-electron chi connectivity index (χ4n) is 1.57. The maximum absolute atomic E-state index is 5.93. The summed E-state index contributed by atoms with van der Waals surface area (Å²) in [4.78, 5) is 0. The summed E-state index contributed by atoms with van der Waals surface area (Å²) < 4.78 is 6.83. The van der Waals surface area contributed by atoms with Gasteiger partial charge >= 0.3 is 0 Å². The van der Waals surface area contributed by atoms with Gasteiger partial charge in [0.05, 0.1) is 18.3 Å². The summed E-state index contributed by atoms with van der Waals surface area (Å²) in [5, 5.41) is 4.16. The van der Waals surface area contributed by atoms with Gasteiger partial charge in [0.1, 0.15) is 0 Å². The highest BCUT2D eigenvalue weighted by Gasteiger charge is 2.05. The number of benzene rings is 1. The molecule has 2 rings (SSSR count). The first-order valence-corrected chi connectivity index (χ1v) is 5.16. The average molecular weight is 217 g/mol. The summed E-state index contributed by atoms with van der Waals surface area (Å²) in [7, 11) is 1.65. The molecule has 4 nitrogen and oxygen atoms in total. The molecule has 1 atom stereocenters. The van der Waals surface area contributed by atoms with Crippen LogP contribution in [0, 0.1) is 0 Å². The number of rotatable bonds is 4. The molecular weight excluding hydrogens is 202 g/mol. The molecule has 0 saturated heterocycles. The number of aromatic nitrogens is 2. The highest BCUT2D eigenvalue weighted by Crippen LogP contribution is 2.13. The predicted molar refractivity (Wildman–Crippen MR) is 62.4 cm³/mol. The van der Waals surface area contributed by atoms with E-state index in [0.29, 0.717) is 6.61 Å². The average Bonchev–Trinajstić information content (AvgIpc) is 2.83. The van der Waals surface area contributed by atoms with Crippen molar-refractivity contribution in [3.05, 3.63) is 48.3 Å². The van der Waals surface area contributed by atoms with E-state index in [0.717, 1.165) is 11.3 Å². The molecule has 0 aliphatic heterocycles. The van der Waals surface area contributed by atoms with Crippen LogP contribution in [0.3, 0.4) is 0 Å². The quantitative estimate of drug-likeness (QED) is 0.844. The van der Waals surface area contributed by atoms with Crippen LogP contribution in [-0.4, -0.2) is 23.5 Å². The van der Waals surface area contributed by atoms with Crippen LogP contribution in [-0.2, 0) is 4.74 Å². The van der Waals surface area contributed by atoms with Gasteiger partial charge in [-0.05, 0) is 23.8 Å². The summed E-state index contributed by atoms with van der Waals surface area (Å²) in [5.41, 5.74) is 8.02. The highest BCUT2D eigenvalue weighted by molar-refractivity contribution is 5.34. The van der Waals surface area contributed by atoms with Crippen LogP contribution in [0.4, 0.5) is 0 Å². The van der Waals surface area contributed by atoms with Gasteiger partial charge in [0.2, 0.25) is 0 Å². The van der Waals surface area contributed by atoms with Gasteiger partial charge in [-0.25, -0.2) is 4.68 Å². The lowest BCUT2D eigenvalue weighted by Crippen LogP contribution is -2.15. The smallest absolute Gasteiger partial charge is 0.0655 e. The van der Waals surface area contributed by atoms with Crippen LogP contribution in [0.15, 0.2) is 42.7 Å². The van der Waals surface area contributed by atoms with Crippen molar-refractivity contribution in [2.45, 2.75) is 6.04 Å². The molecule has 84 valence electrons. The van der Waals surface area contributed by atoms with E-state index in [2.05, 4.69) is 5.10 Å². The molecule has 0 spiro atoms. The monoisotopic (exact) mass is 217 g/mol. The number of hydrogen-bond acceptors (Lipinski definition) is 3. The fraction of sp³-hybridized carbons (Fsp3) is 0.250. The Morgan fingerprint density at radius 3 is 2.69 bits per heavy atom. The van der Waals surface area contributed by atoms with Gasteiger partial charge in [-0.15, -0.1) is 0 Å². The molecule has 2 aromatic rings. The van der Waals surface area contributed by atoms with Crippen molar-refractivity contribution in [2.75, 3.05) is 13.7 Å². The normalized spacial score (nSPS) is 12.6. The zero-order chi connectivity index (χ0) is 11.4. The van der Waals surface area contributed by atoms with E-state index in [9.17, 15) is 0 Å². The zero-order valence-electron chi connectivity index (χ0n) is 9.21. The Bertz CT molecular complexity index is 422. The van der Waals surface area contributed by atoms with Gasteiger partial charge in [-0.3, -0.25) is 0 Å². The number of nitrogens with two attached hydrogens (primary N) is 1. The standard InChI is InChI=1S/C12H15N3O/c1-16-9-12(13)10-3-5-11(6-4-10)15-8-2-7-14-15/h2-8,12H,9,13H2,1H3/t12-/m1/s1. The fourth-order valence-corrected chi connectivity index (χ4v) is 1.57. The molecule has 1 aromatic carbocycles. The van der Waals surface area contributed by atoms with Gasteiger partial charge in [-0.1, -0.05) is 12.1 Å². The molecule has 0 aliphatic rings. The van der Waals surface area contributed by atoms with Crippen molar-refractivity contribution in [3.8, 4) is 5.69 Å². The van der Waals surface area contributed by atoms with E-state index in [4.69, 9.17) is 10.5 Å². The Morgan fingerprint density at radius 1 is 1.38 bits per heavy atom. The maximum atomic E-state index is 5.93. The van der Waals surface area contributed by atoms with Crippen LogP contribution in [0.2, 0.25) is 0 Å². The summed E-state index contributed by atoms with van der Waals surface area (Å²) in [6.45, 7) is 0.529. The second-order valence-corrected chi connectivity index (χ2v) is 3.60. The van der Waals surface area contributed by atoms with E-state index in [-0.39, 0.29) is 6.04 Å². The molecule has 0 unspecified atom stereocenters. The molecule has 0 saturated carbocycles. The van der Waals surface area contributed by atoms with Gasteiger partial charge in [-0.2, -0.15) is 5.10 Å². The van der Waals surface area contributed by atoms with Crippen molar-refractivity contribution in [1.82, 2.24) is 9.78 Å². The van der Waals surface area contributed by atoms with Gasteiger partial charge in [0.25, 0.3) is 0 Å². The number of hydrogen-bond donors (Lipinski definition) is 1. The Kier molecular flexibility index (Phi) is 3.34. The number of methoxy groups -OCH3 is 1. The lowest BCUT2D eigenvalue weighted by molar-refractivity contribution is 0.181. The molecule has 2 N–H and O–H groups in total. The Hall–Kier alpha value is -1.65. The molecule has 1 aromatic heterocycles. The zero-order valence-corrected chi connectivity index (χ0v) is 9.21. The summed E-state index contributed by atoms with van der Waals surface area (Å²) in [6, 6.07) is 9.82. The molecule has 0 aliphatic carbocycles. The molecule has 0 amide bonds. The van der Waals surface area contributed by atoms with Gasteiger partial charge in [0.15, 0.2) is 0 Å². The summed E-state index contributed by atoms with van der Waals surface area (Å²) in [5.74, 6) is 0. The first kappa shape index (κ1) is 10.9. The minimum absolute atomic E-state index is 0.0725. The molecule has 0 bridgehead atoms. The molecule has 0 radical (unpaired) electrons. The van der Waals surface area contributed by atoms with E-state index in [1.54, 1.807) is 13.3 Å². The third kappa shape index (κ3) is 2.29. The van der Waals surface area contributed by atoms with E-state index in [1.807, 2.05) is 41.2 Å². The molecular formula is C12H15N3O. The topological polar surface area (TPSA) is 53.1 Å². The summed E-state index contributed by atoms with van der Waals surface area (Å²) >= 11 is 0. The molecule has 0 fully saturated rings. The second kappa shape index (κ2) is 4.92. The van der Waals surface area contributed by atoms with Crippen LogP contribution >= 0.6 is 0 Å². The highest BCUT2D eigenvalue weighted by atomic mass is 16.5. The third-order valence-electron chi connectivity index (χ3n) is 2.44. The van der Waals surface area contributed by atoms with E-state index in [1.165, 1.54) is 0 Å². The largest absolute Gasteiger partial charge is 0.383 e. The Labute approximate surface area is 94.6 Å². The molecule has 16 heavy (non-hydrogen) atoms. The van der Waals surface area contributed by atoms with Crippen LogP contribution < -0.4 is 5.73 Å². The van der Waals surface area contributed by atoms with Crippen LogP contribution in [0.5, 0.6) is 0 Å². The first-order valence-electron chi connectivity index (χ1n) is 5.16. The predicted octanol–water partition coefficient (Wildman–Crippen LogP) is 1.52. The Balaban J connectivity index is 2.16. The van der Waals surface area contributed by atoms with Crippen molar-refractivity contribution in [2.24, 2.45) is 5.73 Å². The lowest BCUT2D eigenvalue weighted by atomic mass is 10.1. The first-order chi connectivity index (χ1) is 7.81. The van der Waals surface area contributed by atoms with Crippen molar-refractivity contribution in [1.29, 1.82) is 0 Å². The SMILES string of the molecule is COC[C@@H](N)c1ccc(-n2cccn2)cc1. The summed E-state index contributed by atoms with van der Waals surface area (Å²) in [6.07, 6.45) is 3.66. The minimum Gasteiger partial charge on any atom is -0.383 e. The number of ether oxygens (including phenoxy) is 1. The molecule has 1 heterocycles. The lowest BCUT2D eigenvalue weighted by Gasteiger charge is -2.11. The van der Waals surface area contributed by atoms with Crippen molar-refractivity contribution < 1.29 is 4.74 Å². The second-order valence-electron chi connectivity index (χ2n) is 3.60. The Morgan fingerprint density at radius 2 is 2.12 bits per heavy atom. The van der Waals surface area contributed by atoms with Crippen LogP contribution in [0.1, 0.15) is 11.6 Å². The maximum Gasteiger partial charge on any atom is 0.0655 e. The van der Waals surface area contributed by atoms with E-state index >= 15 is 0 Å². The number of nitrogens with zero attached hydrogens (tertiary/aromatic N) is 2. The van der Waals surface area contributed by atoms with Gasteiger partial charge in [0, 0.05) is 19.5 Å². The molecule has 4 heteroatoms. The minimum atomic E-state index is -0.0725.